The third kappa shape index (κ3) is 6.35. The lowest BCUT2D eigenvalue weighted by Crippen LogP contribution is -2.07. The predicted molar refractivity (Wildman–Crippen MR) is 158 cm³/mol. The smallest absolute Gasteiger partial charge is 0.258 e. The molecule has 29 heteroatoms. The molecule has 0 atom stereocenters. The first-order chi connectivity index (χ1) is 23.8. The Labute approximate surface area is 273 Å². The number of aromatic nitrogens is 2. The molecule has 0 aliphatic carbocycles. The van der Waals surface area contributed by atoms with Crippen molar-refractivity contribution in [3.63, 3.8) is 0 Å². The molecule has 4 rings (SSSR count). The second kappa shape index (κ2) is 12.9. The summed E-state index contributed by atoms with van der Waals surface area (Å²) in [6.45, 7) is 0. The van der Waals surface area contributed by atoms with E-state index in [1.165, 1.54) is 0 Å². The average molecular weight is 713 g/mol. The first-order valence-electron chi connectivity index (χ1n) is 12.5. The van der Waals surface area contributed by atoms with Gasteiger partial charge in [-0.1, -0.05) is 0 Å². The zero-order chi connectivity index (χ0) is 38.2. The highest BCUT2D eigenvalue weighted by molar-refractivity contribution is 5.97. The molecule has 3 aromatic carbocycles. The lowest BCUT2D eigenvalue weighted by Gasteiger charge is -2.13. The number of benzene rings is 3. The van der Waals surface area contributed by atoms with Crippen molar-refractivity contribution >= 4 is 51.2 Å². The molecule has 0 aliphatic rings. The van der Waals surface area contributed by atoms with Gasteiger partial charge in [-0.15, -0.1) is 0 Å². The second-order valence-electron chi connectivity index (χ2n) is 9.35. The van der Waals surface area contributed by atoms with Crippen molar-refractivity contribution in [1.29, 1.82) is 0 Å². The van der Waals surface area contributed by atoms with Gasteiger partial charge in [0.15, 0.2) is 17.0 Å². The Morgan fingerprint density at radius 1 is 0.373 bits per heavy atom. The first kappa shape index (κ1) is 35.2. The lowest BCUT2D eigenvalue weighted by atomic mass is 9.94. The van der Waals surface area contributed by atoms with Gasteiger partial charge in [-0.05, 0) is 0 Å². The van der Waals surface area contributed by atoms with Crippen molar-refractivity contribution < 1.29 is 44.3 Å². The normalized spacial score (nSPS) is 10.6. The van der Waals surface area contributed by atoms with Crippen molar-refractivity contribution in [3.05, 3.63) is 134 Å². The summed E-state index contributed by atoms with van der Waals surface area (Å²) in [5.74, 6) is -1.28. The number of nitro groups is 9. The largest absolute Gasteiger partial charge is 0.294 e. The minimum Gasteiger partial charge on any atom is -0.258 e. The van der Waals surface area contributed by atoms with Crippen molar-refractivity contribution in [3.8, 4) is 33.8 Å². The fourth-order valence-electron chi connectivity index (χ4n) is 4.60. The van der Waals surface area contributed by atoms with Gasteiger partial charge in [0.2, 0.25) is 0 Å². The van der Waals surface area contributed by atoms with Gasteiger partial charge in [0, 0.05) is 11.8 Å². The maximum absolute atomic E-state index is 12.2. The maximum Gasteiger partial charge on any atom is 0.294 e. The Bertz CT molecular complexity index is 2240. The predicted octanol–water partition coefficient (Wildman–Crippen LogP) is 4.65. The van der Waals surface area contributed by atoms with Crippen LogP contribution in [0.15, 0.2) is 42.6 Å². The van der Waals surface area contributed by atoms with Crippen molar-refractivity contribution in [2.45, 2.75) is 0 Å². The molecule has 0 bridgehead atoms. The van der Waals surface area contributed by atoms with Gasteiger partial charge in [-0.25, -0.2) is 9.97 Å². The zero-order valence-corrected chi connectivity index (χ0v) is 23.8. The molecule has 0 aliphatic heterocycles. The number of hydrogen-bond acceptors (Lipinski definition) is 20. The van der Waals surface area contributed by atoms with E-state index in [2.05, 4.69) is 9.97 Å². The van der Waals surface area contributed by atoms with Crippen LogP contribution in [-0.2, 0) is 0 Å². The summed E-state index contributed by atoms with van der Waals surface area (Å²) < 4.78 is 0. The van der Waals surface area contributed by atoms with Crippen molar-refractivity contribution in [2.75, 3.05) is 0 Å². The van der Waals surface area contributed by atoms with Gasteiger partial charge in [-0.2, -0.15) is 0 Å². The average Bonchev–Trinajstić information content (AvgIpc) is 3.05. The first-order valence-corrected chi connectivity index (χ1v) is 12.5. The van der Waals surface area contributed by atoms with Crippen LogP contribution in [0.5, 0.6) is 0 Å². The number of nitro benzene ring substituents is 9. The van der Waals surface area contributed by atoms with Gasteiger partial charge >= 0.3 is 0 Å². The van der Waals surface area contributed by atoms with Gasteiger partial charge in [-0.3, -0.25) is 91.0 Å². The summed E-state index contributed by atoms with van der Waals surface area (Å²) >= 11 is 0. The molecule has 0 unspecified atom stereocenters. The van der Waals surface area contributed by atoms with E-state index in [1.807, 2.05) is 0 Å². The van der Waals surface area contributed by atoms with E-state index in [1.54, 1.807) is 0 Å². The van der Waals surface area contributed by atoms with Gasteiger partial charge in [0.05, 0.1) is 86.4 Å². The number of non-ortho nitro benzene ring substituents is 3. The van der Waals surface area contributed by atoms with Crippen molar-refractivity contribution in [1.82, 2.24) is 9.97 Å². The standard InChI is InChI=1S/C22H7N11O18/c34-25(35)8-1-12(28(40)41)18(13(2-8)29(42)43)11-7-23-22(20-16(32(48)49)5-10(27(38)39)6-17(20)33(50)51)24-21(11)19-14(30(44)45)3-9(26(36)37)4-15(19)31(46)47/h1-7H. The van der Waals surface area contributed by atoms with Gasteiger partial charge in [0.25, 0.3) is 51.2 Å². The van der Waals surface area contributed by atoms with Crippen LogP contribution in [0.1, 0.15) is 0 Å². The summed E-state index contributed by atoms with van der Waals surface area (Å²) in [6.07, 6.45) is 0.266. The van der Waals surface area contributed by atoms with E-state index in [-0.39, 0.29) is 42.6 Å². The van der Waals surface area contributed by atoms with E-state index in [4.69, 9.17) is 0 Å². The van der Waals surface area contributed by atoms with Crippen LogP contribution in [0, 0.1) is 91.0 Å². The van der Waals surface area contributed by atoms with Gasteiger partial charge in [0.1, 0.15) is 5.56 Å². The molecule has 0 saturated heterocycles. The number of rotatable bonds is 12. The van der Waals surface area contributed by atoms with E-state index >= 15 is 0 Å². The number of hydrogen-bond donors (Lipinski definition) is 0. The molecule has 1 aromatic heterocycles. The zero-order valence-electron chi connectivity index (χ0n) is 23.8. The molecule has 51 heavy (non-hydrogen) atoms. The highest BCUT2D eigenvalue weighted by Crippen LogP contribution is 2.50. The van der Waals surface area contributed by atoms with E-state index < -0.39 is 129 Å². The van der Waals surface area contributed by atoms with Crippen LogP contribution in [0.4, 0.5) is 51.2 Å². The molecule has 0 saturated carbocycles. The summed E-state index contributed by atoms with van der Waals surface area (Å²) in [6, 6.07) is 0.992. The topological polar surface area (TPSA) is 414 Å². The maximum atomic E-state index is 12.2. The monoisotopic (exact) mass is 713 g/mol. The van der Waals surface area contributed by atoms with Crippen LogP contribution in [0.25, 0.3) is 33.8 Å². The molecule has 258 valence electrons. The molecule has 29 nitrogen and oxygen atoms in total. The van der Waals surface area contributed by atoms with Crippen LogP contribution < -0.4 is 0 Å². The lowest BCUT2D eigenvalue weighted by molar-refractivity contribution is -0.402. The Hall–Kier alpha value is -8.66. The Balaban J connectivity index is 2.38. The summed E-state index contributed by atoms with van der Waals surface area (Å²) in [7, 11) is 0. The Kier molecular flexibility index (Phi) is 8.87. The quantitative estimate of drug-likeness (QED) is 0.142. The molecule has 0 radical (unpaired) electrons. The SMILES string of the molecule is O=[N+]([O-])c1cc([N+](=O)[O-])c(-c2ncc(-c3c([N+](=O)[O-])cc([N+](=O)[O-])cc3[N+](=O)[O-])c(-c3c([N+](=O)[O-])cc([N+](=O)[O-])cc3[N+](=O)[O-])n2)c([N+](=O)[O-])c1. The van der Waals surface area contributed by atoms with E-state index in [0.29, 0.717) is 0 Å². The third-order valence-corrected chi connectivity index (χ3v) is 6.58. The molecule has 0 fully saturated rings. The minimum atomic E-state index is -1.58. The summed E-state index contributed by atoms with van der Waals surface area (Å²) in [5.41, 5.74) is -19.4. The molecule has 4 aromatic rings. The molecule has 1 heterocycles. The molecule has 0 spiro atoms. The summed E-state index contributed by atoms with van der Waals surface area (Å²) in [4.78, 5) is 102. The molecule has 0 amide bonds. The molecular formula is C22H7N11O18. The fraction of sp³-hybridized carbons (Fsp3) is 0. The van der Waals surface area contributed by atoms with Crippen molar-refractivity contribution in [2.24, 2.45) is 0 Å². The van der Waals surface area contributed by atoms with Crippen LogP contribution >= 0.6 is 0 Å². The van der Waals surface area contributed by atoms with Crippen LogP contribution in [0.2, 0.25) is 0 Å². The Morgan fingerprint density at radius 2 is 0.647 bits per heavy atom. The number of nitrogens with zero attached hydrogens (tertiary/aromatic N) is 11. The third-order valence-electron chi connectivity index (χ3n) is 6.58. The van der Waals surface area contributed by atoms with Crippen LogP contribution in [0.3, 0.4) is 0 Å². The fourth-order valence-corrected chi connectivity index (χ4v) is 4.60. The minimum absolute atomic E-state index is 0.128. The highest BCUT2D eigenvalue weighted by Gasteiger charge is 2.40. The van der Waals surface area contributed by atoms with Crippen LogP contribution in [-0.4, -0.2) is 54.3 Å². The summed E-state index contributed by atoms with van der Waals surface area (Å²) in [5, 5.41) is 107. The van der Waals surface area contributed by atoms with E-state index in [0.717, 1.165) is 0 Å². The molecule has 0 N–H and O–H groups in total. The second-order valence-corrected chi connectivity index (χ2v) is 9.35. The van der Waals surface area contributed by atoms with E-state index in [9.17, 15) is 91.0 Å². The highest BCUT2D eigenvalue weighted by atomic mass is 16.7. The molecular weight excluding hydrogens is 706 g/mol. The van der Waals surface area contributed by atoms with Gasteiger partial charge < -0.3 is 0 Å². The Morgan fingerprint density at radius 3 is 0.922 bits per heavy atom.